The predicted octanol–water partition coefficient (Wildman–Crippen LogP) is 2.13. The van der Waals surface area contributed by atoms with Gasteiger partial charge >= 0.3 is 6.09 Å². The Hall–Kier alpha value is -1.71. The third kappa shape index (κ3) is 1.79. The monoisotopic (exact) mass is 192 g/mol. The molecule has 0 fully saturated rings. The lowest BCUT2D eigenvalue weighted by Crippen LogP contribution is -2.13. The van der Waals surface area contributed by atoms with Crippen molar-refractivity contribution in [3.05, 3.63) is 23.8 Å². The van der Waals surface area contributed by atoms with Crippen molar-refractivity contribution in [1.82, 2.24) is 0 Å². The van der Waals surface area contributed by atoms with Crippen molar-refractivity contribution < 1.29 is 9.90 Å². The van der Waals surface area contributed by atoms with Gasteiger partial charge in [-0.25, -0.2) is 4.79 Å². The summed E-state index contributed by atoms with van der Waals surface area (Å²) >= 11 is 0. The van der Waals surface area contributed by atoms with Gasteiger partial charge in [-0.05, 0) is 36.6 Å². The Morgan fingerprint density at radius 2 is 2.36 bits per heavy atom. The fraction of sp³-hybridized carbons (Fsp3) is 0.300. The zero-order valence-electron chi connectivity index (χ0n) is 7.71. The summed E-state index contributed by atoms with van der Waals surface area (Å²) in [5.74, 6) is 0. The number of carboxylic acid groups (broad SMARTS) is 1. The van der Waals surface area contributed by atoms with Crippen molar-refractivity contribution in [2.45, 2.75) is 12.8 Å². The van der Waals surface area contributed by atoms with E-state index in [9.17, 15) is 4.79 Å². The molecule has 0 aliphatic carbocycles. The molecule has 0 bridgehead atoms. The van der Waals surface area contributed by atoms with Crippen LogP contribution in [0.15, 0.2) is 18.2 Å². The predicted molar refractivity (Wildman–Crippen MR) is 54.9 cm³/mol. The van der Waals surface area contributed by atoms with Gasteiger partial charge in [-0.3, -0.25) is 5.32 Å². The van der Waals surface area contributed by atoms with Crippen molar-refractivity contribution in [2.75, 3.05) is 17.2 Å². The molecule has 3 N–H and O–H groups in total. The molecule has 0 saturated heterocycles. The molecule has 1 aliphatic rings. The lowest BCUT2D eigenvalue weighted by atomic mass is 10.0. The third-order valence-electron chi connectivity index (χ3n) is 2.29. The maximum Gasteiger partial charge on any atom is 0.409 e. The highest BCUT2D eigenvalue weighted by atomic mass is 16.4. The first kappa shape index (κ1) is 8.87. The van der Waals surface area contributed by atoms with E-state index in [0.717, 1.165) is 25.1 Å². The Morgan fingerprint density at radius 3 is 3.14 bits per heavy atom. The summed E-state index contributed by atoms with van der Waals surface area (Å²) in [5.41, 5.74) is 2.94. The van der Waals surface area contributed by atoms with Crippen LogP contribution in [0, 0.1) is 0 Å². The largest absolute Gasteiger partial charge is 0.465 e. The minimum atomic E-state index is -1.02. The lowest BCUT2D eigenvalue weighted by Gasteiger charge is -2.18. The molecule has 1 aromatic rings. The summed E-state index contributed by atoms with van der Waals surface area (Å²) in [4.78, 5) is 10.4. The van der Waals surface area contributed by atoms with Crippen molar-refractivity contribution in [1.29, 1.82) is 0 Å². The van der Waals surface area contributed by atoms with Gasteiger partial charge in [-0.15, -0.1) is 0 Å². The molecule has 0 saturated carbocycles. The van der Waals surface area contributed by atoms with E-state index in [1.807, 2.05) is 12.1 Å². The summed E-state index contributed by atoms with van der Waals surface area (Å²) in [7, 11) is 0. The van der Waals surface area contributed by atoms with Gasteiger partial charge in [0.05, 0.1) is 0 Å². The maximum absolute atomic E-state index is 10.4. The fourth-order valence-corrected chi connectivity index (χ4v) is 1.68. The Morgan fingerprint density at radius 1 is 1.50 bits per heavy atom. The van der Waals surface area contributed by atoms with Crippen molar-refractivity contribution in [3.8, 4) is 0 Å². The van der Waals surface area contributed by atoms with E-state index < -0.39 is 6.09 Å². The second-order valence-electron chi connectivity index (χ2n) is 3.33. The zero-order valence-corrected chi connectivity index (χ0v) is 7.71. The Labute approximate surface area is 81.9 Å². The smallest absolute Gasteiger partial charge is 0.409 e. The van der Waals surface area contributed by atoms with E-state index in [0.29, 0.717) is 5.69 Å². The first-order valence-corrected chi connectivity index (χ1v) is 4.62. The number of nitrogens with one attached hydrogen (secondary N) is 2. The van der Waals surface area contributed by atoms with Gasteiger partial charge in [0.2, 0.25) is 0 Å². The summed E-state index contributed by atoms with van der Waals surface area (Å²) < 4.78 is 0. The average molecular weight is 192 g/mol. The van der Waals surface area contributed by atoms with Crippen LogP contribution in [-0.2, 0) is 6.42 Å². The molecule has 0 unspecified atom stereocenters. The number of fused-ring (bicyclic) bond motifs is 1. The minimum Gasteiger partial charge on any atom is -0.465 e. The van der Waals surface area contributed by atoms with Crippen molar-refractivity contribution in [2.24, 2.45) is 0 Å². The quantitative estimate of drug-likeness (QED) is 0.638. The number of amides is 1. The Balaban J connectivity index is 2.24. The molecule has 0 radical (unpaired) electrons. The minimum absolute atomic E-state index is 0.639. The second-order valence-corrected chi connectivity index (χ2v) is 3.33. The van der Waals surface area contributed by atoms with Gasteiger partial charge in [0.25, 0.3) is 0 Å². The molecule has 14 heavy (non-hydrogen) atoms. The summed E-state index contributed by atoms with van der Waals surface area (Å²) in [6.45, 7) is 0.999. The van der Waals surface area contributed by atoms with Gasteiger partial charge in [0.1, 0.15) is 0 Å². The molecule has 1 heterocycles. The number of benzene rings is 1. The molecular formula is C10H12N2O2. The molecule has 0 spiro atoms. The van der Waals surface area contributed by atoms with Gasteiger partial charge in [0.15, 0.2) is 0 Å². The van der Waals surface area contributed by atoms with Gasteiger partial charge in [-0.2, -0.15) is 0 Å². The first-order valence-electron chi connectivity index (χ1n) is 4.62. The fourth-order valence-electron chi connectivity index (χ4n) is 1.68. The number of anilines is 2. The standard InChI is InChI=1S/C10H12N2O2/c13-10(14)12-8-3-4-9-7(6-8)2-1-5-11-9/h3-4,6,11-12H,1-2,5H2,(H,13,14). The number of rotatable bonds is 1. The van der Waals surface area contributed by atoms with E-state index in [1.54, 1.807) is 6.07 Å². The van der Waals surface area contributed by atoms with Crippen LogP contribution < -0.4 is 10.6 Å². The van der Waals surface area contributed by atoms with Gasteiger partial charge in [0, 0.05) is 17.9 Å². The topological polar surface area (TPSA) is 61.4 Å². The summed E-state index contributed by atoms with van der Waals surface area (Å²) in [5, 5.41) is 14.2. The van der Waals surface area contributed by atoms with Crippen LogP contribution in [0.25, 0.3) is 0 Å². The molecule has 4 nitrogen and oxygen atoms in total. The SMILES string of the molecule is O=C(O)Nc1ccc2c(c1)CCCN2. The van der Waals surface area contributed by atoms with Crippen LogP contribution >= 0.6 is 0 Å². The van der Waals surface area contributed by atoms with E-state index >= 15 is 0 Å². The zero-order chi connectivity index (χ0) is 9.97. The summed E-state index contributed by atoms with van der Waals surface area (Å²) in [6.07, 6.45) is 1.09. The molecule has 74 valence electrons. The third-order valence-corrected chi connectivity index (χ3v) is 2.29. The van der Waals surface area contributed by atoms with E-state index in [1.165, 1.54) is 5.56 Å². The molecule has 0 aromatic heterocycles. The van der Waals surface area contributed by atoms with Crippen LogP contribution in [-0.4, -0.2) is 17.7 Å². The molecule has 1 amide bonds. The molecule has 2 rings (SSSR count). The Kier molecular flexibility index (Phi) is 2.26. The van der Waals surface area contributed by atoms with E-state index in [4.69, 9.17) is 5.11 Å². The molecule has 1 aromatic carbocycles. The molecule has 1 aliphatic heterocycles. The van der Waals surface area contributed by atoms with E-state index in [2.05, 4.69) is 10.6 Å². The van der Waals surface area contributed by atoms with Gasteiger partial charge in [-0.1, -0.05) is 0 Å². The van der Waals surface area contributed by atoms with Crippen LogP contribution in [0.1, 0.15) is 12.0 Å². The normalized spacial score (nSPS) is 14.0. The highest BCUT2D eigenvalue weighted by Gasteiger charge is 2.09. The number of hydrogen-bond acceptors (Lipinski definition) is 2. The van der Waals surface area contributed by atoms with Crippen molar-refractivity contribution >= 4 is 17.5 Å². The average Bonchev–Trinajstić information content (AvgIpc) is 2.17. The highest BCUT2D eigenvalue weighted by molar-refractivity contribution is 5.83. The van der Waals surface area contributed by atoms with Crippen LogP contribution in [0.2, 0.25) is 0 Å². The molecule has 4 heteroatoms. The van der Waals surface area contributed by atoms with Crippen LogP contribution in [0.5, 0.6) is 0 Å². The Bertz CT molecular complexity index is 363. The molecule has 0 atom stereocenters. The number of aryl methyl sites for hydroxylation is 1. The highest BCUT2D eigenvalue weighted by Crippen LogP contribution is 2.24. The second kappa shape index (κ2) is 3.57. The molecular weight excluding hydrogens is 180 g/mol. The van der Waals surface area contributed by atoms with E-state index in [-0.39, 0.29) is 0 Å². The summed E-state index contributed by atoms with van der Waals surface area (Å²) in [6, 6.07) is 5.57. The first-order chi connectivity index (χ1) is 6.75. The van der Waals surface area contributed by atoms with Gasteiger partial charge < -0.3 is 10.4 Å². The van der Waals surface area contributed by atoms with Crippen LogP contribution in [0.4, 0.5) is 16.2 Å². The number of carbonyl (C=O) groups is 1. The maximum atomic E-state index is 10.4. The lowest BCUT2D eigenvalue weighted by molar-refractivity contribution is 0.210. The number of hydrogen-bond donors (Lipinski definition) is 3. The van der Waals surface area contributed by atoms with Crippen LogP contribution in [0.3, 0.4) is 0 Å². The van der Waals surface area contributed by atoms with Crippen molar-refractivity contribution in [3.63, 3.8) is 0 Å².